The number of halogens is 3. The minimum atomic E-state index is -4.35. The van der Waals surface area contributed by atoms with Crippen LogP contribution in [0.3, 0.4) is 0 Å². The Balaban J connectivity index is 0.00000169. The van der Waals surface area contributed by atoms with Crippen molar-refractivity contribution in [1.82, 2.24) is 0 Å². The molecule has 0 bridgehead atoms. The lowest BCUT2D eigenvalue weighted by molar-refractivity contribution is 0.483. The van der Waals surface area contributed by atoms with Gasteiger partial charge in [-0.2, -0.15) is 8.42 Å². The van der Waals surface area contributed by atoms with Crippen molar-refractivity contribution in [3.63, 3.8) is 0 Å². The Labute approximate surface area is 112 Å². The van der Waals surface area contributed by atoms with Crippen molar-refractivity contribution < 1.29 is 13.0 Å². The van der Waals surface area contributed by atoms with Crippen LogP contribution in [0.25, 0.3) is 0 Å². The zero-order chi connectivity index (χ0) is 10.2. The predicted octanol–water partition coefficient (Wildman–Crippen LogP) is 2.51. The molecule has 0 fully saturated rings. The Kier molecular flexibility index (Phi) is 5.49. The molecule has 2 radical (unpaired) electrons. The molecule has 8 heteroatoms. The highest BCUT2D eigenvalue weighted by Gasteiger charge is 2.16. The van der Waals surface area contributed by atoms with Crippen molar-refractivity contribution in [3.05, 3.63) is 27.2 Å². The predicted molar refractivity (Wildman–Crippen MR) is 57.0 cm³/mol. The molecular weight excluding hydrogens is 283 g/mol. The van der Waals surface area contributed by atoms with Gasteiger partial charge in [0.1, 0.15) is 4.90 Å². The third-order valence-corrected chi connectivity index (χ3v) is 3.29. The normalized spacial score (nSPS) is 10.9. The Morgan fingerprint density at radius 3 is 1.86 bits per heavy atom. The minimum Gasteiger partial charge on any atom is -0.282 e. The third kappa shape index (κ3) is 3.41. The van der Waals surface area contributed by atoms with E-state index in [2.05, 4.69) is 0 Å². The first-order chi connectivity index (χ1) is 5.82. The Morgan fingerprint density at radius 2 is 1.43 bits per heavy atom. The fourth-order valence-electron chi connectivity index (χ4n) is 0.702. The van der Waals surface area contributed by atoms with Crippen LogP contribution in [-0.4, -0.2) is 36.0 Å². The van der Waals surface area contributed by atoms with Gasteiger partial charge in [0.25, 0.3) is 10.1 Å². The second kappa shape index (κ2) is 5.20. The molecule has 1 rings (SSSR count). The molecule has 0 aromatic heterocycles. The van der Waals surface area contributed by atoms with Gasteiger partial charge in [-0.15, -0.1) is 0 Å². The highest BCUT2D eigenvalue weighted by molar-refractivity contribution is 7.86. The average molecular weight is 286 g/mol. The quantitative estimate of drug-likeness (QED) is 0.490. The number of rotatable bonds is 1. The summed E-state index contributed by atoms with van der Waals surface area (Å²) < 4.78 is 30.0. The van der Waals surface area contributed by atoms with Gasteiger partial charge in [0.15, 0.2) is 0 Å². The second-order valence-electron chi connectivity index (χ2n) is 2.17. The number of benzene rings is 1. The van der Waals surface area contributed by atoms with E-state index in [0.29, 0.717) is 0 Å². The average Bonchev–Trinajstić information content (AvgIpc) is 1.94. The maximum atomic E-state index is 10.7. The first-order valence-electron chi connectivity index (χ1n) is 2.94. The van der Waals surface area contributed by atoms with Gasteiger partial charge < -0.3 is 0 Å². The largest absolute Gasteiger partial charge is 0.296 e. The molecular formula is C6H3Cl3MgO3S. The van der Waals surface area contributed by atoms with Crippen LogP contribution in [0.15, 0.2) is 17.0 Å². The molecule has 0 saturated heterocycles. The first-order valence-corrected chi connectivity index (χ1v) is 5.52. The zero-order valence-corrected chi connectivity index (χ0v) is 11.2. The van der Waals surface area contributed by atoms with E-state index >= 15 is 0 Å². The van der Waals surface area contributed by atoms with Gasteiger partial charge in [0, 0.05) is 23.1 Å². The van der Waals surface area contributed by atoms with E-state index in [0.717, 1.165) is 12.1 Å². The SMILES string of the molecule is O=S(=O)(O)c1cc(Cl)c(Cl)cc1Cl.[Mg]. The van der Waals surface area contributed by atoms with Crippen LogP contribution in [0.2, 0.25) is 15.1 Å². The highest BCUT2D eigenvalue weighted by atomic mass is 35.5. The van der Waals surface area contributed by atoms with Gasteiger partial charge in [-0.3, -0.25) is 4.55 Å². The summed E-state index contributed by atoms with van der Waals surface area (Å²) in [6, 6.07) is 2.14. The summed E-state index contributed by atoms with van der Waals surface area (Å²) in [6.07, 6.45) is 0. The summed E-state index contributed by atoms with van der Waals surface area (Å²) >= 11 is 16.6. The van der Waals surface area contributed by atoms with Gasteiger partial charge in [-0.25, -0.2) is 0 Å². The molecule has 0 heterocycles. The summed E-state index contributed by atoms with van der Waals surface area (Å²) in [6.45, 7) is 0. The summed E-state index contributed by atoms with van der Waals surface area (Å²) in [5, 5.41) is -0.0327. The van der Waals surface area contributed by atoms with Crippen LogP contribution in [0, 0.1) is 0 Å². The third-order valence-electron chi connectivity index (χ3n) is 1.25. The van der Waals surface area contributed by atoms with E-state index in [1.807, 2.05) is 0 Å². The lowest BCUT2D eigenvalue weighted by Crippen LogP contribution is -1.98. The maximum absolute atomic E-state index is 10.7. The summed E-state index contributed by atoms with van der Waals surface area (Å²) in [4.78, 5) is -0.455. The van der Waals surface area contributed by atoms with Crippen LogP contribution >= 0.6 is 34.8 Å². The molecule has 74 valence electrons. The standard InChI is InChI=1S/C6H3Cl3O3S.Mg/c7-3-1-5(9)6(2-4(3)8)13(10,11)12;/h1-2H,(H,10,11,12);. The van der Waals surface area contributed by atoms with Crippen molar-refractivity contribution in [2.75, 3.05) is 0 Å². The molecule has 1 N–H and O–H groups in total. The van der Waals surface area contributed by atoms with E-state index in [1.165, 1.54) is 0 Å². The number of hydrogen-bond acceptors (Lipinski definition) is 2. The topological polar surface area (TPSA) is 54.4 Å². The Morgan fingerprint density at radius 1 is 1.00 bits per heavy atom. The van der Waals surface area contributed by atoms with Gasteiger partial charge >= 0.3 is 0 Å². The highest BCUT2D eigenvalue weighted by Crippen LogP contribution is 2.31. The fourth-order valence-corrected chi connectivity index (χ4v) is 2.18. The molecule has 1 aromatic rings. The van der Waals surface area contributed by atoms with Crippen LogP contribution in [-0.2, 0) is 10.1 Å². The van der Waals surface area contributed by atoms with E-state index in [9.17, 15) is 8.42 Å². The lowest BCUT2D eigenvalue weighted by atomic mass is 10.4. The summed E-state index contributed by atoms with van der Waals surface area (Å²) in [5.41, 5.74) is 0. The lowest BCUT2D eigenvalue weighted by Gasteiger charge is -2.02. The molecule has 0 atom stereocenters. The van der Waals surface area contributed by atoms with E-state index in [4.69, 9.17) is 39.4 Å². The second-order valence-corrected chi connectivity index (χ2v) is 4.78. The van der Waals surface area contributed by atoms with Crippen molar-refractivity contribution in [3.8, 4) is 0 Å². The Hall–Kier alpha value is 0.766. The molecule has 0 saturated carbocycles. The van der Waals surface area contributed by atoms with Gasteiger partial charge in [0.2, 0.25) is 0 Å². The van der Waals surface area contributed by atoms with E-state index in [1.54, 1.807) is 0 Å². The molecule has 14 heavy (non-hydrogen) atoms. The first kappa shape index (κ1) is 14.8. The molecule has 3 nitrogen and oxygen atoms in total. The van der Waals surface area contributed by atoms with Crippen LogP contribution in [0.5, 0.6) is 0 Å². The van der Waals surface area contributed by atoms with Crippen LogP contribution < -0.4 is 0 Å². The van der Waals surface area contributed by atoms with Crippen molar-refractivity contribution >= 4 is 68.0 Å². The van der Waals surface area contributed by atoms with Gasteiger partial charge in [-0.05, 0) is 12.1 Å². The van der Waals surface area contributed by atoms with Crippen molar-refractivity contribution in [2.24, 2.45) is 0 Å². The maximum Gasteiger partial charge on any atom is 0.296 e. The fraction of sp³-hybridized carbons (Fsp3) is 0. The smallest absolute Gasteiger partial charge is 0.282 e. The van der Waals surface area contributed by atoms with Gasteiger partial charge in [-0.1, -0.05) is 34.8 Å². The number of hydrogen-bond donors (Lipinski definition) is 1. The molecule has 0 aliphatic heterocycles. The van der Waals surface area contributed by atoms with Crippen molar-refractivity contribution in [1.29, 1.82) is 0 Å². The monoisotopic (exact) mass is 284 g/mol. The summed E-state index contributed by atoms with van der Waals surface area (Å²) in [7, 11) is -4.35. The molecule has 0 spiro atoms. The molecule has 1 aromatic carbocycles. The summed E-state index contributed by atoms with van der Waals surface area (Å²) in [5.74, 6) is 0. The molecule has 0 aliphatic carbocycles. The van der Waals surface area contributed by atoms with Crippen LogP contribution in [0.1, 0.15) is 0 Å². The Bertz CT molecular complexity index is 446. The van der Waals surface area contributed by atoms with Crippen LogP contribution in [0.4, 0.5) is 0 Å². The van der Waals surface area contributed by atoms with Gasteiger partial charge in [0.05, 0.1) is 15.1 Å². The van der Waals surface area contributed by atoms with Crippen molar-refractivity contribution in [2.45, 2.75) is 4.90 Å². The minimum absolute atomic E-state index is 0. The molecule has 0 aliphatic rings. The molecule has 0 unspecified atom stereocenters. The van der Waals surface area contributed by atoms with E-state index in [-0.39, 0.29) is 38.1 Å². The molecule has 0 amide bonds. The van der Waals surface area contributed by atoms with E-state index < -0.39 is 15.0 Å². The zero-order valence-electron chi connectivity index (χ0n) is 6.67.